The first-order valence-electron chi connectivity index (χ1n) is 9.59. The highest BCUT2D eigenvalue weighted by Gasteiger charge is 2.09. The molecule has 0 amide bonds. The van der Waals surface area contributed by atoms with E-state index in [1.165, 1.54) is 10.9 Å². The average molecular weight is 503 g/mol. The number of fused-ring (bicyclic) bond motifs is 1. The lowest BCUT2D eigenvalue weighted by molar-refractivity contribution is 1.12. The second-order valence-electron chi connectivity index (χ2n) is 6.94. The first kappa shape index (κ1) is 18.7. The molecule has 0 saturated heterocycles. The van der Waals surface area contributed by atoms with Crippen molar-refractivity contribution < 1.29 is 0 Å². The minimum absolute atomic E-state index is 0.678. The fraction of sp³-hybridized carbons (Fsp3) is 0.0417. The van der Waals surface area contributed by atoms with E-state index < -0.39 is 0 Å². The summed E-state index contributed by atoms with van der Waals surface area (Å²) in [6, 6.07) is 20.5. The number of anilines is 1. The molecule has 0 unspecified atom stereocenters. The lowest BCUT2D eigenvalue weighted by atomic mass is 10.1. The highest BCUT2D eigenvalue weighted by molar-refractivity contribution is 14.1. The molecule has 0 radical (unpaired) electrons. The predicted molar refractivity (Wildman–Crippen MR) is 129 cm³/mol. The largest absolute Gasteiger partial charge is 0.366 e. The Kier molecular flexibility index (Phi) is 5.15. The topological polar surface area (TPSA) is 66.5 Å². The van der Waals surface area contributed by atoms with Crippen LogP contribution in [0.15, 0.2) is 85.5 Å². The minimum atomic E-state index is 0.678. The smallest absolute Gasteiger partial charge is 0.127 e. The first-order chi connectivity index (χ1) is 14.8. The van der Waals surface area contributed by atoms with Crippen LogP contribution in [-0.2, 0) is 6.54 Å². The van der Waals surface area contributed by atoms with Crippen LogP contribution in [0.4, 0.5) is 5.82 Å². The van der Waals surface area contributed by atoms with Crippen molar-refractivity contribution in [2.45, 2.75) is 6.54 Å². The number of aromatic nitrogens is 4. The van der Waals surface area contributed by atoms with Crippen molar-refractivity contribution in [1.29, 1.82) is 0 Å². The standard InChI is InChI=1S/C24H18IN5/c25-19-10-18(13-26-15-19)17-11-23(22-5-1-2-8-27-22)30-24(12-17)29-14-16-4-3-6-21-20(16)7-9-28-21/h1-13,15,28H,14H2,(H,29,30). The molecule has 5 aromatic rings. The minimum Gasteiger partial charge on any atom is -0.366 e. The van der Waals surface area contributed by atoms with E-state index in [4.69, 9.17) is 4.98 Å². The molecule has 30 heavy (non-hydrogen) atoms. The van der Waals surface area contributed by atoms with Gasteiger partial charge in [-0.3, -0.25) is 9.97 Å². The van der Waals surface area contributed by atoms with Crippen molar-refractivity contribution >= 4 is 39.3 Å². The van der Waals surface area contributed by atoms with Crippen LogP contribution in [0.3, 0.4) is 0 Å². The third kappa shape index (κ3) is 3.91. The Bertz CT molecular complexity index is 1310. The van der Waals surface area contributed by atoms with E-state index >= 15 is 0 Å². The van der Waals surface area contributed by atoms with Gasteiger partial charge < -0.3 is 10.3 Å². The number of benzene rings is 1. The number of halogens is 1. The summed E-state index contributed by atoms with van der Waals surface area (Å²) in [4.78, 5) is 16.9. The van der Waals surface area contributed by atoms with Crippen LogP contribution in [0, 0.1) is 3.57 Å². The van der Waals surface area contributed by atoms with E-state index in [2.05, 4.69) is 85.3 Å². The summed E-state index contributed by atoms with van der Waals surface area (Å²) in [7, 11) is 0. The molecule has 1 aromatic carbocycles. The SMILES string of the molecule is Ic1cncc(-c2cc(NCc3cccc4[nH]ccc34)nc(-c3ccccn3)c2)c1. The Labute approximate surface area is 187 Å². The Morgan fingerprint density at radius 3 is 2.73 bits per heavy atom. The fourth-order valence-corrected chi connectivity index (χ4v) is 3.99. The van der Waals surface area contributed by atoms with Gasteiger partial charge in [-0.05, 0) is 76.2 Å². The van der Waals surface area contributed by atoms with Crippen molar-refractivity contribution in [3.63, 3.8) is 0 Å². The van der Waals surface area contributed by atoms with Crippen molar-refractivity contribution in [3.05, 3.63) is 94.6 Å². The van der Waals surface area contributed by atoms with Gasteiger partial charge in [0, 0.05) is 51.4 Å². The van der Waals surface area contributed by atoms with Gasteiger partial charge in [0.05, 0.1) is 11.4 Å². The molecule has 146 valence electrons. The molecule has 4 aromatic heterocycles. The van der Waals surface area contributed by atoms with Gasteiger partial charge in [0.2, 0.25) is 0 Å². The summed E-state index contributed by atoms with van der Waals surface area (Å²) in [5, 5.41) is 4.72. The summed E-state index contributed by atoms with van der Waals surface area (Å²) >= 11 is 2.28. The maximum Gasteiger partial charge on any atom is 0.127 e. The first-order valence-corrected chi connectivity index (χ1v) is 10.7. The van der Waals surface area contributed by atoms with Gasteiger partial charge in [0.1, 0.15) is 5.82 Å². The van der Waals surface area contributed by atoms with Gasteiger partial charge in [0.15, 0.2) is 0 Å². The number of hydrogen-bond donors (Lipinski definition) is 2. The summed E-state index contributed by atoms with van der Waals surface area (Å²) in [5.41, 5.74) is 6.13. The Morgan fingerprint density at radius 2 is 1.87 bits per heavy atom. The molecule has 0 spiro atoms. The van der Waals surface area contributed by atoms with E-state index in [0.717, 1.165) is 37.4 Å². The third-order valence-electron chi connectivity index (χ3n) is 4.94. The zero-order valence-electron chi connectivity index (χ0n) is 16.0. The zero-order chi connectivity index (χ0) is 20.3. The lowest BCUT2D eigenvalue weighted by Gasteiger charge is -2.12. The number of H-pyrrole nitrogens is 1. The molecule has 0 fully saturated rings. The number of hydrogen-bond acceptors (Lipinski definition) is 4. The maximum absolute atomic E-state index is 4.83. The Balaban J connectivity index is 1.53. The zero-order valence-corrected chi connectivity index (χ0v) is 18.2. The summed E-state index contributed by atoms with van der Waals surface area (Å²) in [6.45, 7) is 0.678. The molecular weight excluding hydrogens is 485 g/mol. The molecule has 0 atom stereocenters. The lowest BCUT2D eigenvalue weighted by Crippen LogP contribution is -2.03. The van der Waals surface area contributed by atoms with Gasteiger partial charge in [-0.15, -0.1) is 0 Å². The molecule has 0 aliphatic rings. The van der Waals surface area contributed by atoms with Gasteiger partial charge in [0.25, 0.3) is 0 Å². The normalized spacial score (nSPS) is 11.0. The second-order valence-corrected chi connectivity index (χ2v) is 8.19. The van der Waals surface area contributed by atoms with Crippen LogP contribution in [0.2, 0.25) is 0 Å². The Morgan fingerprint density at radius 1 is 0.900 bits per heavy atom. The second kappa shape index (κ2) is 8.23. The Hall–Kier alpha value is -3.26. The van der Waals surface area contributed by atoms with Gasteiger partial charge >= 0.3 is 0 Å². The summed E-state index contributed by atoms with van der Waals surface area (Å²) < 4.78 is 1.09. The van der Waals surface area contributed by atoms with E-state index in [1.807, 2.05) is 36.8 Å². The quantitative estimate of drug-likeness (QED) is 0.293. The predicted octanol–water partition coefficient (Wildman–Crippen LogP) is 5.90. The van der Waals surface area contributed by atoms with Gasteiger partial charge in [-0.25, -0.2) is 4.98 Å². The monoisotopic (exact) mass is 503 g/mol. The number of nitrogens with one attached hydrogen (secondary N) is 2. The third-order valence-corrected chi connectivity index (χ3v) is 5.53. The molecule has 0 bridgehead atoms. The van der Waals surface area contributed by atoms with Crippen LogP contribution in [0.1, 0.15) is 5.56 Å². The van der Waals surface area contributed by atoms with Crippen molar-refractivity contribution in [1.82, 2.24) is 19.9 Å². The van der Waals surface area contributed by atoms with Crippen LogP contribution in [-0.4, -0.2) is 19.9 Å². The fourth-order valence-electron chi connectivity index (χ4n) is 3.49. The van der Waals surface area contributed by atoms with Crippen LogP contribution in [0.5, 0.6) is 0 Å². The molecule has 0 saturated carbocycles. The maximum atomic E-state index is 4.83. The highest BCUT2D eigenvalue weighted by Crippen LogP contribution is 2.28. The molecule has 4 heterocycles. The number of rotatable bonds is 5. The molecule has 5 nitrogen and oxygen atoms in total. The van der Waals surface area contributed by atoms with Gasteiger partial charge in [-0.1, -0.05) is 18.2 Å². The van der Waals surface area contributed by atoms with E-state index in [0.29, 0.717) is 6.54 Å². The van der Waals surface area contributed by atoms with Crippen molar-refractivity contribution in [3.8, 4) is 22.5 Å². The molecule has 0 aliphatic carbocycles. The van der Waals surface area contributed by atoms with Crippen LogP contribution >= 0.6 is 22.6 Å². The molecule has 6 heteroatoms. The summed E-state index contributed by atoms with van der Waals surface area (Å²) in [5.74, 6) is 0.805. The van der Waals surface area contributed by atoms with E-state index in [9.17, 15) is 0 Å². The number of aromatic amines is 1. The van der Waals surface area contributed by atoms with Crippen LogP contribution in [0.25, 0.3) is 33.4 Å². The van der Waals surface area contributed by atoms with E-state index in [-0.39, 0.29) is 0 Å². The molecular formula is C24H18IN5. The molecule has 5 rings (SSSR count). The van der Waals surface area contributed by atoms with Gasteiger partial charge in [-0.2, -0.15) is 0 Å². The van der Waals surface area contributed by atoms with Crippen molar-refractivity contribution in [2.24, 2.45) is 0 Å². The number of pyridine rings is 3. The van der Waals surface area contributed by atoms with Crippen molar-refractivity contribution in [2.75, 3.05) is 5.32 Å². The highest BCUT2D eigenvalue weighted by atomic mass is 127. The average Bonchev–Trinajstić information content (AvgIpc) is 3.28. The van der Waals surface area contributed by atoms with Crippen LogP contribution < -0.4 is 5.32 Å². The number of nitrogens with zero attached hydrogens (tertiary/aromatic N) is 3. The van der Waals surface area contributed by atoms with E-state index in [1.54, 1.807) is 6.20 Å². The molecule has 2 N–H and O–H groups in total. The summed E-state index contributed by atoms with van der Waals surface area (Å²) in [6.07, 6.45) is 7.48. The molecule has 0 aliphatic heterocycles.